The van der Waals surface area contributed by atoms with E-state index in [1.165, 1.54) is 18.2 Å². The molecule has 16 heavy (non-hydrogen) atoms. The second-order valence-electron chi connectivity index (χ2n) is 2.81. The Balaban J connectivity index is 2.73. The minimum Gasteiger partial charge on any atom is -0.508 e. The van der Waals surface area contributed by atoms with Crippen molar-refractivity contribution >= 4 is 18.0 Å². The SMILES string of the molecule is NC(=O)C(=O)NN=Cc1cc(O)ccc1O. The zero-order valence-electron chi connectivity index (χ0n) is 8.04. The average molecular weight is 223 g/mol. The molecule has 2 amide bonds. The molecule has 0 radical (unpaired) electrons. The minimum atomic E-state index is -1.17. The van der Waals surface area contributed by atoms with Gasteiger partial charge in [0.15, 0.2) is 0 Å². The molecule has 1 aromatic rings. The molecule has 0 bridgehead atoms. The molecule has 5 N–H and O–H groups in total. The standard InChI is InChI=1S/C9H9N3O4/c10-8(15)9(16)12-11-4-5-3-6(13)1-2-7(5)14/h1-4,13-14H,(H2,10,15)(H,12,16). The zero-order chi connectivity index (χ0) is 12.1. The average Bonchev–Trinajstić information content (AvgIpc) is 2.22. The number of aromatic hydroxyl groups is 2. The molecule has 84 valence electrons. The van der Waals surface area contributed by atoms with Crippen molar-refractivity contribution in [3.8, 4) is 11.5 Å². The Kier molecular flexibility index (Phi) is 3.44. The van der Waals surface area contributed by atoms with Crippen LogP contribution in [0.25, 0.3) is 0 Å². The monoisotopic (exact) mass is 223 g/mol. The van der Waals surface area contributed by atoms with Crippen LogP contribution in [0, 0.1) is 0 Å². The van der Waals surface area contributed by atoms with Crippen LogP contribution in [0.4, 0.5) is 0 Å². The van der Waals surface area contributed by atoms with E-state index in [1.54, 1.807) is 0 Å². The molecule has 0 fully saturated rings. The van der Waals surface area contributed by atoms with Crippen molar-refractivity contribution in [2.24, 2.45) is 10.8 Å². The number of primary amides is 1. The summed E-state index contributed by atoms with van der Waals surface area (Å²) in [5, 5.41) is 21.8. The lowest BCUT2D eigenvalue weighted by molar-refractivity contribution is -0.137. The summed E-state index contributed by atoms with van der Waals surface area (Å²) in [4.78, 5) is 21.0. The highest BCUT2D eigenvalue weighted by molar-refractivity contribution is 6.34. The summed E-state index contributed by atoms with van der Waals surface area (Å²) in [7, 11) is 0. The summed E-state index contributed by atoms with van der Waals surface area (Å²) in [6, 6.07) is 3.77. The van der Waals surface area contributed by atoms with Crippen LogP contribution >= 0.6 is 0 Å². The molecule has 0 spiro atoms. The van der Waals surface area contributed by atoms with Crippen LogP contribution in [-0.4, -0.2) is 28.2 Å². The predicted octanol–water partition coefficient (Wildman–Crippen LogP) is -0.967. The number of phenolic OH excluding ortho intramolecular Hbond substituents is 2. The Labute approximate surface area is 90.2 Å². The van der Waals surface area contributed by atoms with Gasteiger partial charge in [0.2, 0.25) is 0 Å². The lowest BCUT2D eigenvalue weighted by Crippen LogP contribution is -2.32. The van der Waals surface area contributed by atoms with Crippen LogP contribution in [0.5, 0.6) is 11.5 Å². The molecule has 0 aliphatic carbocycles. The molecule has 1 aromatic carbocycles. The molecule has 0 aliphatic rings. The molecule has 0 saturated heterocycles. The number of nitrogens with zero attached hydrogens (tertiary/aromatic N) is 1. The van der Waals surface area contributed by atoms with Crippen molar-refractivity contribution in [2.75, 3.05) is 0 Å². The van der Waals surface area contributed by atoms with Gasteiger partial charge in [0.05, 0.1) is 6.21 Å². The molecule has 0 aliphatic heterocycles. The van der Waals surface area contributed by atoms with E-state index in [2.05, 4.69) is 10.8 Å². The minimum absolute atomic E-state index is 0.0690. The molecule has 0 unspecified atom stereocenters. The molecule has 7 nitrogen and oxygen atoms in total. The van der Waals surface area contributed by atoms with Gasteiger partial charge in [0.1, 0.15) is 11.5 Å². The van der Waals surface area contributed by atoms with E-state index in [0.29, 0.717) is 0 Å². The molecular weight excluding hydrogens is 214 g/mol. The summed E-state index contributed by atoms with van der Waals surface area (Å²) in [5.41, 5.74) is 6.68. The quantitative estimate of drug-likeness (QED) is 0.223. The maximum Gasteiger partial charge on any atom is 0.329 e. The summed E-state index contributed by atoms with van der Waals surface area (Å²) in [5.74, 6) is -2.44. The normalized spacial score (nSPS) is 10.2. The van der Waals surface area contributed by atoms with Gasteiger partial charge in [-0.2, -0.15) is 5.10 Å². The van der Waals surface area contributed by atoms with E-state index in [9.17, 15) is 14.7 Å². The Morgan fingerprint density at radius 3 is 2.69 bits per heavy atom. The summed E-state index contributed by atoms with van der Waals surface area (Å²) in [6.45, 7) is 0. The van der Waals surface area contributed by atoms with Gasteiger partial charge in [-0.05, 0) is 18.2 Å². The molecule has 0 heterocycles. The number of carbonyl (C=O) groups is 2. The van der Waals surface area contributed by atoms with E-state index >= 15 is 0 Å². The first-order chi connectivity index (χ1) is 7.50. The fourth-order valence-corrected chi connectivity index (χ4v) is 0.861. The predicted molar refractivity (Wildman–Crippen MR) is 54.7 cm³/mol. The fraction of sp³-hybridized carbons (Fsp3) is 0. The summed E-state index contributed by atoms with van der Waals surface area (Å²) in [6.07, 6.45) is 1.07. The summed E-state index contributed by atoms with van der Waals surface area (Å²) < 4.78 is 0. The molecule has 0 saturated carbocycles. The molecule has 0 atom stereocenters. The van der Waals surface area contributed by atoms with Crippen LogP contribution in [0.15, 0.2) is 23.3 Å². The molecule has 0 aromatic heterocycles. The van der Waals surface area contributed by atoms with Crippen LogP contribution in [0.1, 0.15) is 5.56 Å². The molecule has 7 heteroatoms. The number of nitrogens with two attached hydrogens (primary N) is 1. The van der Waals surface area contributed by atoms with E-state index in [4.69, 9.17) is 5.11 Å². The number of hydrazone groups is 1. The number of hydrogen-bond acceptors (Lipinski definition) is 5. The molecular formula is C9H9N3O4. The third kappa shape index (κ3) is 2.98. The third-order valence-electron chi connectivity index (χ3n) is 1.60. The number of hydrogen-bond donors (Lipinski definition) is 4. The van der Waals surface area contributed by atoms with E-state index in [-0.39, 0.29) is 17.1 Å². The van der Waals surface area contributed by atoms with Crippen molar-refractivity contribution in [3.63, 3.8) is 0 Å². The van der Waals surface area contributed by atoms with Crippen LogP contribution < -0.4 is 11.2 Å². The van der Waals surface area contributed by atoms with Gasteiger partial charge in [-0.1, -0.05) is 0 Å². The van der Waals surface area contributed by atoms with E-state index in [1.807, 2.05) is 5.43 Å². The Morgan fingerprint density at radius 1 is 1.38 bits per heavy atom. The second-order valence-corrected chi connectivity index (χ2v) is 2.81. The maximum absolute atomic E-state index is 10.7. The van der Waals surface area contributed by atoms with Gasteiger partial charge in [-0.15, -0.1) is 0 Å². The third-order valence-corrected chi connectivity index (χ3v) is 1.60. The smallest absolute Gasteiger partial charge is 0.329 e. The fourth-order valence-electron chi connectivity index (χ4n) is 0.861. The number of amides is 2. The second kappa shape index (κ2) is 4.78. The largest absolute Gasteiger partial charge is 0.508 e. The first kappa shape index (κ1) is 11.5. The van der Waals surface area contributed by atoms with Gasteiger partial charge in [0, 0.05) is 5.56 Å². The van der Waals surface area contributed by atoms with Crippen LogP contribution in [0.3, 0.4) is 0 Å². The van der Waals surface area contributed by atoms with Crippen molar-refractivity contribution in [1.82, 2.24) is 5.43 Å². The number of nitrogens with one attached hydrogen (secondary N) is 1. The van der Waals surface area contributed by atoms with Crippen molar-refractivity contribution < 1.29 is 19.8 Å². The van der Waals surface area contributed by atoms with Crippen molar-refractivity contribution in [1.29, 1.82) is 0 Å². The zero-order valence-corrected chi connectivity index (χ0v) is 8.04. The Bertz CT molecular complexity index is 456. The van der Waals surface area contributed by atoms with Crippen LogP contribution in [0.2, 0.25) is 0 Å². The lowest BCUT2D eigenvalue weighted by Gasteiger charge is -1.99. The van der Waals surface area contributed by atoms with E-state index < -0.39 is 11.8 Å². The topological polar surface area (TPSA) is 125 Å². The summed E-state index contributed by atoms with van der Waals surface area (Å²) >= 11 is 0. The van der Waals surface area contributed by atoms with Crippen molar-refractivity contribution in [2.45, 2.75) is 0 Å². The highest BCUT2D eigenvalue weighted by Crippen LogP contribution is 2.19. The Morgan fingerprint density at radius 2 is 2.06 bits per heavy atom. The van der Waals surface area contributed by atoms with Gasteiger partial charge >= 0.3 is 11.8 Å². The first-order valence-electron chi connectivity index (χ1n) is 4.15. The number of carbonyl (C=O) groups excluding carboxylic acids is 2. The van der Waals surface area contributed by atoms with Crippen molar-refractivity contribution in [3.05, 3.63) is 23.8 Å². The van der Waals surface area contributed by atoms with Gasteiger partial charge in [-0.3, -0.25) is 9.59 Å². The van der Waals surface area contributed by atoms with Crippen LogP contribution in [-0.2, 0) is 9.59 Å². The lowest BCUT2D eigenvalue weighted by atomic mass is 10.2. The maximum atomic E-state index is 10.7. The Hall–Kier alpha value is -2.57. The van der Waals surface area contributed by atoms with Gasteiger partial charge < -0.3 is 15.9 Å². The number of rotatable bonds is 2. The first-order valence-corrected chi connectivity index (χ1v) is 4.15. The highest BCUT2D eigenvalue weighted by Gasteiger charge is 2.05. The van der Waals surface area contributed by atoms with E-state index in [0.717, 1.165) is 6.21 Å². The number of phenols is 2. The van der Waals surface area contributed by atoms with Gasteiger partial charge in [0.25, 0.3) is 0 Å². The highest BCUT2D eigenvalue weighted by atomic mass is 16.3. The van der Waals surface area contributed by atoms with Gasteiger partial charge in [-0.25, -0.2) is 5.43 Å². The molecule has 1 rings (SSSR count). The number of benzene rings is 1.